The lowest BCUT2D eigenvalue weighted by Crippen LogP contribution is -2.29. The van der Waals surface area contributed by atoms with Crippen molar-refractivity contribution in [3.8, 4) is 11.1 Å². The largest absolute Gasteiger partial charge is 0.384 e. The first kappa shape index (κ1) is 18.2. The van der Waals surface area contributed by atoms with Gasteiger partial charge in [-0.2, -0.15) is 5.10 Å². The van der Waals surface area contributed by atoms with Gasteiger partial charge in [0.25, 0.3) is 5.91 Å². The van der Waals surface area contributed by atoms with Crippen LogP contribution in [0.3, 0.4) is 0 Å². The Kier molecular flexibility index (Phi) is 4.82. The highest BCUT2D eigenvalue weighted by atomic mass is 16.5. The number of nitrogens with one attached hydrogen (secondary N) is 1. The van der Waals surface area contributed by atoms with Gasteiger partial charge in [-0.25, -0.2) is 4.98 Å². The summed E-state index contributed by atoms with van der Waals surface area (Å²) in [5, 5.41) is 11.3. The summed E-state index contributed by atoms with van der Waals surface area (Å²) in [6.07, 6.45) is 4.29. The van der Waals surface area contributed by atoms with Crippen molar-refractivity contribution >= 4 is 11.7 Å². The number of nitrogens with zero attached hydrogens (tertiary/aromatic N) is 4. The lowest BCUT2D eigenvalue weighted by atomic mass is 9.97. The van der Waals surface area contributed by atoms with Crippen molar-refractivity contribution in [3.05, 3.63) is 47.2 Å². The molecule has 4 rings (SSSR count). The standard InChI is InChI=1S/C19H22N6O3/c1-11-15(10-27-2)18(24-28-11)19(26)25-6-4-13(9-25)17-14(8-22-23-17)12-3-5-21-16(20)7-12/h3,5,7-8,13H,4,6,9-10H2,1-2H3,(H2,20,21)(H,22,23)/t13-/m1/s1. The minimum Gasteiger partial charge on any atom is -0.384 e. The van der Waals surface area contributed by atoms with E-state index in [9.17, 15) is 4.79 Å². The van der Waals surface area contributed by atoms with Gasteiger partial charge in [0.2, 0.25) is 0 Å². The Morgan fingerprint density at radius 3 is 3.14 bits per heavy atom. The van der Waals surface area contributed by atoms with Crippen LogP contribution in [0.4, 0.5) is 5.82 Å². The van der Waals surface area contributed by atoms with Gasteiger partial charge in [-0.1, -0.05) is 5.16 Å². The average Bonchev–Trinajstić information content (AvgIpc) is 3.41. The van der Waals surface area contributed by atoms with E-state index in [1.54, 1.807) is 31.3 Å². The van der Waals surface area contributed by atoms with Gasteiger partial charge >= 0.3 is 0 Å². The fraction of sp³-hybridized carbons (Fsp3) is 0.368. The summed E-state index contributed by atoms with van der Waals surface area (Å²) in [4.78, 5) is 18.8. The van der Waals surface area contributed by atoms with Crippen LogP contribution in [-0.4, -0.2) is 51.3 Å². The van der Waals surface area contributed by atoms with Gasteiger partial charge in [-0.3, -0.25) is 9.89 Å². The second-order valence-electron chi connectivity index (χ2n) is 6.90. The van der Waals surface area contributed by atoms with Crippen LogP contribution in [0.25, 0.3) is 11.1 Å². The van der Waals surface area contributed by atoms with Crippen LogP contribution in [0, 0.1) is 6.92 Å². The van der Waals surface area contributed by atoms with Gasteiger partial charge in [0.1, 0.15) is 11.6 Å². The maximum Gasteiger partial charge on any atom is 0.276 e. The summed E-state index contributed by atoms with van der Waals surface area (Å²) in [6.45, 7) is 3.29. The number of aromatic nitrogens is 4. The van der Waals surface area contributed by atoms with Gasteiger partial charge < -0.3 is 19.9 Å². The highest BCUT2D eigenvalue weighted by Crippen LogP contribution is 2.34. The average molecular weight is 382 g/mol. The molecule has 3 aromatic rings. The van der Waals surface area contributed by atoms with E-state index in [0.717, 1.165) is 23.2 Å². The maximum absolute atomic E-state index is 13.0. The van der Waals surface area contributed by atoms with Crippen molar-refractivity contribution in [3.63, 3.8) is 0 Å². The minimum atomic E-state index is -0.138. The Bertz CT molecular complexity index is 995. The van der Waals surface area contributed by atoms with E-state index in [4.69, 9.17) is 15.0 Å². The molecule has 1 fully saturated rings. The third-order valence-electron chi connectivity index (χ3n) is 5.12. The molecule has 0 aliphatic carbocycles. The van der Waals surface area contributed by atoms with Gasteiger partial charge in [0.05, 0.1) is 18.4 Å². The van der Waals surface area contributed by atoms with E-state index in [1.807, 2.05) is 12.1 Å². The lowest BCUT2D eigenvalue weighted by Gasteiger charge is -2.16. The molecule has 9 heteroatoms. The van der Waals surface area contributed by atoms with E-state index in [0.29, 0.717) is 42.5 Å². The molecule has 0 unspecified atom stereocenters. The molecule has 1 aliphatic heterocycles. The Balaban J connectivity index is 1.54. The number of anilines is 1. The number of pyridine rings is 1. The van der Waals surface area contributed by atoms with E-state index in [1.165, 1.54) is 0 Å². The van der Waals surface area contributed by atoms with Crippen LogP contribution >= 0.6 is 0 Å². The van der Waals surface area contributed by atoms with Crippen LogP contribution in [0.15, 0.2) is 29.0 Å². The van der Waals surface area contributed by atoms with Gasteiger partial charge in [0, 0.05) is 43.6 Å². The number of methoxy groups -OCH3 is 1. The molecule has 146 valence electrons. The third-order valence-corrected chi connectivity index (χ3v) is 5.12. The molecule has 3 N–H and O–H groups in total. The summed E-state index contributed by atoms with van der Waals surface area (Å²) in [7, 11) is 1.58. The summed E-state index contributed by atoms with van der Waals surface area (Å²) in [5.41, 5.74) is 9.77. The molecule has 1 aliphatic rings. The van der Waals surface area contributed by atoms with Crippen LogP contribution < -0.4 is 5.73 Å². The maximum atomic E-state index is 13.0. The number of carbonyl (C=O) groups is 1. The molecule has 28 heavy (non-hydrogen) atoms. The number of aryl methyl sites for hydroxylation is 1. The predicted octanol–water partition coefficient (Wildman–Crippen LogP) is 2.13. The number of amides is 1. The van der Waals surface area contributed by atoms with Crippen molar-refractivity contribution in [2.75, 3.05) is 25.9 Å². The molecule has 1 saturated heterocycles. The first-order valence-corrected chi connectivity index (χ1v) is 9.07. The molecule has 0 aromatic carbocycles. The SMILES string of the molecule is COCc1c(C(=O)N2CC[C@@H](c3[nH]ncc3-c3ccnc(N)c3)C2)noc1C. The van der Waals surface area contributed by atoms with E-state index >= 15 is 0 Å². The van der Waals surface area contributed by atoms with Crippen LogP contribution in [0.5, 0.6) is 0 Å². The van der Waals surface area contributed by atoms with Crippen molar-refractivity contribution in [1.29, 1.82) is 0 Å². The molecule has 0 spiro atoms. The van der Waals surface area contributed by atoms with Crippen molar-refractivity contribution in [1.82, 2.24) is 25.2 Å². The third kappa shape index (κ3) is 3.24. The second-order valence-corrected chi connectivity index (χ2v) is 6.90. The summed E-state index contributed by atoms with van der Waals surface area (Å²) >= 11 is 0. The first-order valence-electron chi connectivity index (χ1n) is 9.07. The zero-order valence-corrected chi connectivity index (χ0v) is 15.8. The van der Waals surface area contributed by atoms with Crippen LogP contribution in [-0.2, 0) is 11.3 Å². The molecule has 1 atom stereocenters. The zero-order chi connectivity index (χ0) is 19.7. The Labute approximate surface area is 161 Å². The molecule has 0 radical (unpaired) electrons. The van der Waals surface area contributed by atoms with Crippen LogP contribution in [0.2, 0.25) is 0 Å². The molecular formula is C19H22N6O3. The van der Waals surface area contributed by atoms with Crippen molar-refractivity contribution in [2.24, 2.45) is 0 Å². The molecule has 1 amide bonds. The minimum absolute atomic E-state index is 0.138. The Hall–Kier alpha value is -3.20. The highest BCUT2D eigenvalue weighted by molar-refractivity contribution is 5.94. The van der Waals surface area contributed by atoms with Gasteiger partial charge in [-0.05, 0) is 31.0 Å². The fourth-order valence-corrected chi connectivity index (χ4v) is 3.66. The Morgan fingerprint density at radius 2 is 2.36 bits per heavy atom. The number of nitrogens with two attached hydrogens (primary N) is 1. The quantitative estimate of drug-likeness (QED) is 0.693. The molecule has 9 nitrogen and oxygen atoms in total. The lowest BCUT2D eigenvalue weighted by molar-refractivity contribution is 0.0776. The number of H-pyrrole nitrogens is 1. The zero-order valence-electron chi connectivity index (χ0n) is 15.8. The fourth-order valence-electron chi connectivity index (χ4n) is 3.66. The van der Waals surface area contributed by atoms with E-state index in [-0.39, 0.29) is 11.8 Å². The second kappa shape index (κ2) is 7.43. The van der Waals surface area contributed by atoms with Gasteiger partial charge in [0.15, 0.2) is 5.69 Å². The first-order chi connectivity index (χ1) is 13.6. The van der Waals surface area contributed by atoms with Crippen molar-refractivity contribution < 1.29 is 14.1 Å². The predicted molar refractivity (Wildman–Crippen MR) is 101 cm³/mol. The van der Waals surface area contributed by atoms with E-state index < -0.39 is 0 Å². The Morgan fingerprint density at radius 1 is 1.50 bits per heavy atom. The number of hydrogen-bond donors (Lipinski definition) is 2. The summed E-state index contributed by atoms with van der Waals surface area (Å²) in [5.74, 6) is 1.07. The van der Waals surface area contributed by atoms with Crippen molar-refractivity contribution in [2.45, 2.75) is 25.9 Å². The smallest absolute Gasteiger partial charge is 0.276 e. The molecule has 3 aromatic heterocycles. The number of likely N-dealkylation sites (tertiary alicyclic amines) is 1. The number of hydrogen-bond acceptors (Lipinski definition) is 7. The molecule has 0 bridgehead atoms. The number of carbonyl (C=O) groups excluding carboxylic acids is 1. The topological polar surface area (TPSA) is 123 Å². The number of nitrogen functional groups attached to an aromatic ring is 1. The highest BCUT2D eigenvalue weighted by Gasteiger charge is 2.33. The summed E-state index contributed by atoms with van der Waals surface area (Å²) in [6, 6.07) is 3.72. The molecular weight excluding hydrogens is 360 g/mol. The van der Waals surface area contributed by atoms with Crippen LogP contribution in [0.1, 0.15) is 39.8 Å². The van der Waals surface area contributed by atoms with E-state index in [2.05, 4.69) is 20.3 Å². The number of ether oxygens (including phenoxy) is 1. The summed E-state index contributed by atoms with van der Waals surface area (Å²) < 4.78 is 10.4. The normalized spacial score (nSPS) is 16.6. The molecule has 0 saturated carbocycles. The number of aromatic amines is 1. The molecule has 4 heterocycles. The number of rotatable bonds is 5. The monoisotopic (exact) mass is 382 g/mol. The van der Waals surface area contributed by atoms with Gasteiger partial charge in [-0.15, -0.1) is 0 Å².